The van der Waals surface area contributed by atoms with Crippen molar-refractivity contribution in [2.24, 2.45) is 0 Å². The highest BCUT2D eigenvalue weighted by molar-refractivity contribution is 5.77. The molecule has 0 saturated heterocycles. The largest absolute Gasteiger partial charge is 0.482 e. The van der Waals surface area contributed by atoms with Crippen LogP contribution in [0.4, 0.5) is 0 Å². The second-order valence-corrected chi connectivity index (χ2v) is 4.20. The second-order valence-electron chi connectivity index (χ2n) is 4.20. The maximum Gasteiger partial charge on any atom is 0.234 e. The molecule has 0 aliphatic rings. The normalized spacial score (nSPS) is 10.5. The fourth-order valence-corrected chi connectivity index (χ4v) is 1.90. The van der Waals surface area contributed by atoms with E-state index >= 15 is 0 Å². The average Bonchev–Trinajstić information content (AvgIpc) is 2.48. The molecule has 0 atom stereocenters. The van der Waals surface area contributed by atoms with Crippen molar-refractivity contribution in [1.29, 1.82) is 0 Å². The Hall–Kier alpha value is -2.55. The molecule has 0 aliphatic heterocycles. The Morgan fingerprint density at radius 1 is 0.947 bits per heavy atom. The summed E-state index contributed by atoms with van der Waals surface area (Å²) >= 11 is 0. The van der Waals surface area contributed by atoms with Gasteiger partial charge < -0.3 is 9.15 Å². The van der Waals surface area contributed by atoms with Gasteiger partial charge in [0.2, 0.25) is 11.2 Å². The van der Waals surface area contributed by atoms with Gasteiger partial charge in [-0.15, -0.1) is 0 Å². The molecule has 19 heavy (non-hydrogen) atoms. The molecule has 0 N–H and O–H groups in total. The quantitative estimate of drug-likeness (QED) is 0.717. The van der Waals surface area contributed by atoms with Crippen LogP contribution in [0.25, 0.3) is 11.0 Å². The highest BCUT2D eigenvalue weighted by atomic mass is 16.5. The summed E-state index contributed by atoms with van der Waals surface area (Å²) in [4.78, 5) is 12.2. The highest BCUT2D eigenvalue weighted by Gasteiger charge is 2.07. The van der Waals surface area contributed by atoms with Crippen LogP contribution in [0.5, 0.6) is 5.75 Å². The van der Waals surface area contributed by atoms with Gasteiger partial charge >= 0.3 is 0 Å². The first-order valence-electron chi connectivity index (χ1n) is 6.02. The fourth-order valence-electron chi connectivity index (χ4n) is 1.90. The van der Waals surface area contributed by atoms with E-state index in [0.717, 1.165) is 5.56 Å². The lowest BCUT2D eigenvalue weighted by Crippen LogP contribution is -2.07. The minimum absolute atomic E-state index is 0.141. The molecule has 0 saturated carbocycles. The molecule has 0 aliphatic carbocycles. The van der Waals surface area contributed by atoms with Gasteiger partial charge in [0.1, 0.15) is 18.5 Å². The Labute approximate surface area is 110 Å². The summed E-state index contributed by atoms with van der Waals surface area (Å²) in [6.07, 6.45) is 1.37. The van der Waals surface area contributed by atoms with E-state index in [4.69, 9.17) is 9.15 Å². The first kappa shape index (κ1) is 11.5. The monoisotopic (exact) mass is 252 g/mol. The van der Waals surface area contributed by atoms with Crippen molar-refractivity contribution < 1.29 is 9.15 Å². The van der Waals surface area contributed by atoms with E-state index in [1.54, 1.807) is 18.2 Å². The molecule has 94 valence electrons. The van der Waals surface area contributed by atoms with Gasteiger partial charge in [0, 0.05) is 0 Å². The fraction of sp³-hybridized carbons (Fsp3) is 0.0625. The molecule has 0 bridgehead atoms. The van der Waals surface area contributed by atoms with E-state index in [0.29, 0.717) is 17.6 Å². The van der Waals surface area contributed by atoms with Crippen molar-refractivity contribution in [1.82, 2.24) is 0 Å². The zero-order valence-corrected chi connectivity index (χ0v) is 10.2. The number of hydrogen-bond donors (Lipinski definition) is 0. The predicted octanol–water partition coefficient (Wildman–Crippen LogP) is 3.37. The summed E-state index contributed by atoms with van der Waals surface area (Å²) in [5.41, 5.74) is 1.44. The second kappa shape index (κ2) is 4.98. The summed E-state index contributed by atoms with van der Waals surface area (Å²) in [6.45, 7) is 0.351. The van der Waals surface area contributed by atoms with Crippen LogP contribution in [0.15, 0.2) is 70.1 Å². The molecule has 1 heterocycles. The topological polar surface area (TPSA) is 39.4 Å². The van der Waals surface area contributed by atoms with Crippen LogP contribution < -0.4 is 10.2 Å². The number of benzene rings is 2. The minimum Gasteiger partial charge on any atom is -0.482 e. The smallest absolute Gasteiger partial charge is 0.234 e. The number of hydrogen-bond acceptors (Lipinski definition) is 3. The third-order valence-electron chi connectivity index (χ3n) is 2.89. The van der Waals surface area contributed by atoms with E-state index in [1.165, 1.54) is 6.26 Å². The molecule has 0 fully saturated rings. The van der Waals surface area contributed by atoms with Gasteiger partial charge in [-0.05, 0) is 17.7 Å². The number of fused-ring (bicyclic) bond motifs is 1. The van der Waals surface area contributed by atoms with E-state index in [1.807, 2.05) is 36.4 Å². The summed E-state index contributed by atoms with van der Waals surface area (Å²) in [5, 5.41) is 0.535. The van der Waals surface area contributed by atoms with E-state index in [2.05, 4.69) is 0 Å². The lowest BCUT2D eigenvalue weighted by Gasteiger charge is -2.05. The molecule has 1 aromatic heterocycles. The highest BCUT2D eigenvalue weighted by Crippen LogP contribution is 2.15. The molecule has 0 unspecified atom stereocenters. The molecule has 0 amide bonds. The molecule has 0 radical (unpaired) electrons. The lowest BCUT2D eigenvalue weighted by molar-refractivity contribution is 0.295. The van der Waals surface area contributed by atoms with Crippen molar-refractivity contribution in [3.63, 3.8) is 0 Å². The molecule has 2 aromatic carbocycles. The zero-order chi connectivity index (χ0) is 13.1. The van der Waals surface area contributed by atoms with Gasteiger partial charge in [-0.3, -0.25) is 4.79 Å². The van der Waals surface area contributed by atoms with Gasteiger partial charge in [-0.25, -0.2) is 0 Å². The average molecular weight is 252 g/mol. The number of rotatable bonds is 3. The predicted molar refractivity (Wildman–Crippen MR) is 73.3 cm³/mol. The number of ether oxygens (including phenoxy) is 1. The van der Waals surface area contributed by atoms with Crippen molar-refractivity contribution in [3.05, 3.63) is 76.6 Å². The van der Waals surface area contributed by atoms with Gasteiger partial charge in [0.25, 0.3) is 0 Å². The third-order valence-corrected chi connectivity index (χ3v) is 2.89. The van der Waals surface area contributed by atoms with Crippen molar-refractivity contribution in [3.8, 4) is 5.75 Å². The summed E-state index contributed by atoms with van der Waals surface area (Å²) in [6, 6.07) is 16.8. The number of para-hydroxylation sites is 1. The van der Waals surface area contributed by atoms with E-state index < -0.39 is 0 Å². The van der Waals surface area contributed by atoms with Crippen molar-refractivity contribution in [2.75, 3.05) is 0 Å². The molecule has 3 aromatic rings. The van der Waals surface area contributed by atoms with Crippen LogP contribution in [0.2, 0.25) is 0 Å². The van der Waals surface area contributed by atoms with Gasteiger partial charge in [0.05, 0.1) is 5.39 Å². The van der Waals surface area contributed by atoms with Crippen molar-refractivity contribution in [2.45, 2.75) is 6.61 Å². The van der Waals surface area contributed by atoms with Gasteiger partial charge in [0.15, 0.2) is 0 Å². The molecule has 0 spiro atoms. The molecular weight excluding hydrogens is 240 g/mol. The van der Waals surface area contributed by atoms with Crippen molar-refractivity contribution >= 4 is 11.0 Å². The van der Waals surface area contributed by atoms with Crippen LogP contribution in [-0.4, -0.2) is 0 Å². The van der Waals surface area contributed by atoms with Crippen LogP contribution in [0.3, 0.4) is 0 Å². The Bertz CT molecular complexity index is 745. The maximum atomic E-state index is 12.2. The van der Waals surface area contributed by atoms with E-state index in [9.17, 15) is 4.79 Å². The lowest BCUT2D eigenvalue weighted by atomic mass is 10.2. The van der Waals surface area contributed by atoms with Gasteiger partial charge in [-0.2, -0.15) is 0 Å². The summed E-state index contributed by atoms with van der Waals surface area (Å²) in [5.74, 6) is 0.238. The van der Waals surface area contributed by atoms with Crippen LogP contribution in [0.1, 0.15) is 5.56 Å². The molecule has 3 nitrogen and oxygen atoms in total. The van der Waals surface area contributed by atoms with Gasteiger partial charge in [-0.1, -0.05) is 42.5 Å². The first-order valence-corrected chi connectivity index (χ1v) is 6.02. The van der Waals surface area contributed by atoms with E-state index in [-0.39, 0.29) is 11.2 Å². The SMILES string of the molecule is O=c1c(OCc2ccccc2)coc2ccccc12. The van der Waals surface area contributed by atoms with Crippen LogP contribution in [-0.2, 0) is 6.61 Å². The Kier molecular flexibility index (Phi) is 3.02. The summed E-state index contributed by atoms with van der Waals surface area (Å²) in [7, 11) is 0. The van der Waals surface area contributed by atoms with Crippen LogP contribution in [0, 0.1) is 0 Å². The third kappa shape index (κ3) is 2.36. The Balaban J connectivity index is 1.90. The zero-order valence-electron chi connectivity index (χ0n) is 10.2. The minimum atomic E-state index is -0.141. The Morgan fingerprint density at radius 3 is 2.53 bits per heavy atom. The Morgan fingerprint density at radius 2 is 1.68 bits per heavy atom. The first-order chi connectivity index (χ1) is 9.34. The molecule has 3 rings (SSSR count). The molecule has 3 heteroatoms. The maximum absolute atomic E-state index is 12.2. The van der Waals surface area contributed by atoms with Crippen LogP contribution >= 0.6 is 0 Å². The summed E-state index contributed by atoms with van der Waals surface area (Å²) < 4.78 is 10.9. The standard InChI is InChI=1S/C16H12O3/c17-16-13-8-4-5-9-14(13)19-11-15(16)18-10-12-6-2-1-3-7-12/h1-9,11H,10H2. The molecular formula is C16H12O3.